The molecule has 1 aromatic heterocycles. The van der Waals surface area contributed by atoms with Gasteiger partial charge >= 0.3 is 0 Å². The molecule has 3 nitrogen and oxygen atoms in total. The van der Waals surface area contributed by atoms with Crippen molar-refractivity contribution in [1.29, 1.82) is 0 Å². The van der Waals surface area contributed by atoms with Crippen molar-refractivity contribution in [2.45, 2.75) is 13.0 Å². The van der Waals surface area contributed by atoms with E-state index in [9.17, 15) is 0 Å². The van der Waals surface area contributed by atoms with Crippen LogP contribution in [0.1, 0.15) is 6.42 Å². The smallest absolute Gasteiger partial charge is 0.0682 e. The number of aliphatic hydroxyl groups excluding tert-OH is 1. The van der Waals surface area contributed by atoms with Gasteiger partial charge in [-0.05, 0) is 12.5 Å². The Morgan fingerprint density at radius 3 is 3.00 bits per heavy atom. The third kappa shape index (κ3) is 1.55. The van der Waals surface area contributed by atoms with Gasteiger partial charge in [0.05, 0.1) is 11.7 Å². The molecule has 0 aliphatic heterocycles. The van der Waals surface area contributed by atoms with Gasteiger partial charge in [0.1, 0.15) is 0 Å². The maximum absolute atomic E-state index is 8.70. The highest BCUT2D eigenvalue weighted by Crippen LogP contribution is 2.12. The monoisotopic (exact) mass is 176 g/mol. The van der Waals surface area contributed by atoms with Crippen LogP contribution in [0.3, 0.4) is 0 Å². The van der Waals surface area contributed by atoms with Crippen molar-refractivity contribution in [2.75, 3.05) is 6.61 Å². The van der Waals surface area contributed by atoms with E-state index in [0.717, 1.165) is 23.9 Å². The highest BCUT2D eigenvalue weighted by atomic mass is 16.3. The fourth-order valence-electron chi connectivity index (χ4n) is 1.42. The molecule has 0 saturated heterocycles. The maximum Gasteiger partial charge on any atom is 0.0682 e. The first-order chi connectivity index (χ1) is 6.42. The minimum atomic E-state index is 0.216. The third-order valence-electron chi connectivity index (χ3n) is 2.08. The highest BCUT2D eigenvalue weighted by Gasteiger charge is 1.99. The van der Waals surface area contributed by atoms with Crippen molar-refractivity contribution in [2.24, 2.45) is 0 Å². The quantitative estimate of drug-likeness (QED) is 0.768. The van der Waals surface area contributed by atoms with E-state index in [-0.39, 0.29) is 6.61 Å². The van der Waals surface area contributed by atoms with E-state index in [1.165, 1.54) is 0 Å². The molecule has 3 heteroatoms. The topological polar surface area (TPSA) is 38.0 Å². The minimum absolute atomic E-state index is 0.216. The van der Waals surface area contributed by atoms with Crippen LogP contribution in [0.15, 0.2) is 30.5 Å². The van der Waals surface area contributed by atoms with Crippen LogP contribution in [0.25, 0.3) is 10.9 Å². The molecular formula is C10H12N2O. The molecule has 2 aromatic rings. The van der Waals surface area contributed by atoms with Gasteiger partial charge in [0.25, 0.3) is 0 Å². The molecule has 13 heavy (non-hydrogen) atoms. The molecular weight excluding hydrogens is 164 g/mol. The highest BCUT2D eigenvalue weighted by molar-refractivity contribution is 5.78. The molecule has 1 heterocycles. The van der Waals surface area contributed by atoms with Gasteiger partial charge in [0.2, 0.25) is 0 Å². The number of aromatic nitrogens is 2. The molecule has 0 spiro atoms. The molecule has 0 fully saturated rings. The first-order valence-electron chi connectivity index (χ1n) is 4.43. The number of benzene rings is 1. The Bertz CT molecular complexity index is 394. The summed E-state index contributed by atoms with van der Waals surface area (Å²) in [4.78, 5) is 0. The lowest BCUT2D eigenvalue weighted by Crippen LogP contribution is -2.01. The average molecular weight is 176 g/mol. The summed E-state index contributed by atoms with van der Waals surface area (Å²) in [5, 5.41) is 14.1. The number of para-hydroxylation sites is 1. The zero-order valence-electron chi connectivity index (χ0n) is 7.35. The lowest BCUT2D eigenvalue weighted by Gasteiger charge is -2.00. The minimum Gasteiger partial charge on any atom is -0.396 e. The van der Waals surface area contributed by atoms with Crippen LogP contribution < -0.4 is 0 Å². The van der Waals surface area contributed by atoms with E-state index in [1.807, 2.05) is 35.1 Å². The molecule has 0 radical (unpaired) electrons. The summed E-state index contributed by atoms with van der Waals surface area (Å²) in [5.41, 5.74) is 1.14. The molecule has 0 amide bonds. The van der Waals surface area contributed by atoms with Gasteiger partial charge in [-0.1, -0.05) is 18.2 Å². The molecule has 0 saturated carbocycles. The van der Waals surface area contributed by atoms with Crippen LogP contribution in [0, 0.1) is 0 Å². The van der Waals surface area contributed by atoms with Gasteiger partial charge in [-0.25, -0.2) is 0 Å². The summed E-state index contributed by atoms with van der Waals surface area (Å²) in [6.07, 6.45) is 2.61. The maximum atomic E-state index is 8.70. The number of aryl methyl sites for hydroxylation is 1. The molecule has 0 aliphatic rings. The van der Waals surface area contributed by atoms with Gasteiger partial charge in [-0.2, -0.15) is 5.10 Å². The zero-order valence-corrected chi connectivity index (χ0v) is 7.35. The number of fused-ring (bicyclic) bond motifs is 1. The Kier molecular flexibility index (Phi) is 2.27. The fourth-order valence-corrected chi connectivity index (χ4v) is 1.42. The van der Waals surface area contributed by atoms with Crippen molar-refractivity contribution < 1.29 is 5.11 Å². The lowest BCUT2D eigenvalue weighted by atomic mass is 10.2. The van der Waals surface area contributed by atoms with Crippen molar-refractivity contribution in [3.8, 4) is 0 Å². The number of hydrogen-bond donors (Lipinski definition) is 1. The molecule has 0 aliphatic carbocycles. The predicted molar refractivity (Wildman–Crippen MR) is 51.4 cm³/mol. The molecule has 1 aromatic carbocycles. The first kappa shape index (κ1) is 8.26. The zero-order chi connectivity index (χ0) is 9.10. The lowest BCUT2D eigenvalue weighted by molar-refractivity contribution is 0.278. The first-order valence-corrected chi connectivity index (χ1v) is 4.43. The standard InChI is InChI=1S/C10H12N2O/c13-7-3-6-12-10-5-2-1-4-9(10)8-11-12/h1-2,4-5,8,13H,3,6-7H2. The third-order valence-corrected chi connectivity index (χ3v) is 2.08. The van der Waals surface area contributed by atoms with Crippen molar-refractivity contribution in [3.63, 3.8) is 0 Å². The summed E-state index contributed by atoms with van der Waals surface area (Å²) < 4.78 is 1.92. The van der Waals surface area contributed by atoms with Gasteiger partial charge in [-0.15, -0.1) is 0 Å². The number of aliphatic hydroxyl groups is 1. The largest absolute Gasteiger partial charge is 0.396 e. The number of nitrogens with zero attached hydrogens (tertiary/aromatic N) is 2. The molecule has 1 N–H and O–H groups in total. The van der Waals surface area contributed by atoms with E-state index >= 15 is 0 Å². The van der Waals surface area contributed by atoms with Crippen molar-refractivity contribution in [3.05, 3.63) is 30.5 Å². The molecule has 0 bridgehead atoms. The van der Waals surface area contributed by atoms with E-state index in [2.05, 4.69) is 5.10 Å². The van der Waals surface area contributed by atoms with Crippen molar-refractivity contribution in [1.82, 2.24) is 9.78 Å². The second-order valence-corrected chi connectivity index (χ2v) is 3.00. The van der Waals surface area contributed by atoms with E-state index in [1.54, 1.807) is 0 Å². The Hall–Kier alpha value is -1.35. The summed E-state index contributed by atoms with van der Waals surface area (Å²) in [7, 11) is 0. The Labute approximate surface area is 76.6 Å². The van der Waals surface area contributed by atoms with Crippen LogP contribution in [0.5, 0.6) is 0 Å². The van der Waals surface area contributed by atoms with E-state index < -0.39 is 0 Å². The normalized spacial score (nSPS) is 10.8. The van der Waals surface area contributed by atoms with Crippen LogP contribution in [-0.4, -0.2) is 21.5 Å². The van der Waals surface area contributed by atoms with Gasteiger partial charge < -0.3 is 5.11 Å². The van der Waals surface area contributed by atoms with Gasteiger partial charge in [0, 0.05) is 18.5 Å². The second kappa shape index (κ2) is 3.58. The van der Waals surface area contributed by atoms with E-state index in [0.29, 0.717) is 0 Å². The Balaban J connectivity index is 2.35. The summed E-state index contributed by atoms with van der Waals surface area (Å²) in [6, 6.07) is 8.08. The summed E-state index contributed by atoms with van der Waals surface area (Å²) in [5.74, 6) is 0. The SMILES string of the molecule is OCCCn1ncc2ccccc21. The summed E-state index contributed by atoms with van der Waals surface area (Å²) >= 11 is 0. The average Bonchev–Trinajstić information content (AvgIpc) is 2.58. The van der Waals surface area contributed by atoms with Crippen LogP contribution in [0.4, 0.5) is 0 Å². The summed E-state index contributed by atoms with van der Waals surface area (Å²) in [6.45, 7) is 0.998. The van der Waals surface area contributed by atoms with Crippen LogP contribution in [0.2, 0.25) is 0 Å². The van der Waals surface area contributed by atoms with Crippen molar-refractivity contribution >= 4 is 10.9 Å². The van der Waals surface area contributed by atoms with E-state index in [4.69, 9.17) is 5.11 Å². The Morgan fingerprint density at radius 2 is 2.15 bits per heavy atom. The molecule has 68 valence electrons. The molecule has 0 unspecified atom stereocenters. The molecule has 2 rings (SSSR count). The Morgan fingerprint density at radius 1 is 1.31 bits per heavy atom. The fraction of sp³-hybridized carbons (Fsp3) is 0.300. The van der Waals surface area contributed by atoms with Gasteiger partial charge in [-0.3, -0.25) is 4.68 Å². The van der Waals surface area contributed by atoms with Gasteiger partial charge in [0.15, 0.2) is 0 Å². The van der Waals surface area contributed by atoms with Crippen LogP contribution in [-0.2, 0) is 6.54 Å². The number of rotatable bonds is 3. The predicted octanol–water partition coefficient (Wildman–Crippen LogP) is 1.42. The second-order valence-electron chi connectivity index (χ2n) is 3.00. The number of hydrogen-bond acceptors (Lipinski definition) is 2. The van der Waals surface area contributed by atoms with Crippen LogP contribution >= 0.6 is 0 Å². The molecule has 0 atom stereocenters.